The predicted octanol–water partition coefficient (Wildman–Crippen LogP) is 1.90. The van der Waals surface area contributed by atoms with Crippen molar-refractivity contribution in [3.63, 3.8) is 0 Å². The third-order valence-corrected chi connectivity index (χ3v) is 4.67. The summed E-state index contributed by atoms with van der Waals surface area (Å²) in [6.45, 7) is 2.08. The van der Waals surface area contributed by atoms with Crippen molar-refractivity contribution in [3.05, 3.63) is 48.5 Å². The van der Waals surface area contributed by atoms with Gasteiger partial charge in [0.2, 0.25) is 0 Å². The molecule has 4 rings (SSSR count). The van der Waals surface area contributed by atoms with Crippen LogP contribution in [0, 0.1) is 0 Å². The van der Waals surface area contributed by atoms with Crippen LogP contribution in [-0.4, -0.2) is 52.1 Å². The average molecular weight is 312 g/mol. The van der Waals surface area contributed by atoms with Gasteiger partial charge in [0.15, 0.2) is 0 Å². The van der Waals surface area contributed by atoms with Gasteiger partial charge in [-0.15, -0.1) is 0 Å². The maximum atomic E-state index is 12.4. The van der Waals surface area contributed by atoms with Crippen LogP contribution in [0.2, 0.25) is 0 Å². The van der Waals surface area contributed by atoms with Gasteiger partial charge in [0, 0.05) is 31.6 Å². The van der Waals surface area contributed by atoms with Gasteiger partial charge in [-0.05, 0) is 30.7 Å². The van der Waals surface area contributed by atoms with Gasteiger partial charge in [-0.25, -0.2) is 0 Å². The number of carbonyl (C=O) groups is 1. The molecule has 4 heterocycles. The number of ether oxygens (including phenoxy) is 1. The number of amides is 1. The second-order valence-electron chi connectivity index (χ2n) is 6.34. The molecule has 23 heavy (non-hydrogen) atoms. The molecular formula is C17H20N4O2. The minimum Gasteiger partial charge on any atom is -0.379 e. The zero-order chi connectivity index (χ0) is 15.7. The normalized spacial score (nSPS) is 26.8. The number of aromatic nitrogens is 2. The van der Waals surface area contributed by atoms with E-state index in [1.807, 2.05) is 35.4 Å². The number of pyridine rings is 1. The summed E-state index contributed by atoms with van der Waals surface area (Å²) in [5.41, 5.74) is 1.45. The molecule has 0 saturated carbocycles. The lowest BCUT2D eigenvalue weighted by Gasteiger charge is -2.23. The zero-order valence-electron chi connectivity index (χ0n) is 12.9. The Morgan fingerprint density at radius 2 is 2.39 bits per heavy atom. The van der Waals surface area contributed by atoms with E-state index in [-0.39, 0.29) is 17.6 Å². The van der Waals surface area contributed by atoms with Gasteiger partial charge in [-0.1, -0.05) is 0 Å². The fourth-order valence-electron chi connectivity index (χ4n) is 3.56. The van der Waals surface area contributed by atoms with Crippen molar-refractivity contribution in [1.82, 2.24) is 14.9 Å². The molecule has 0 bridgehead atoms. The van der Waals surface area contributed by atoms with Crippen LogP contribution < -0.4 is 5.32 Å². The van der Waals surface area contributed by atoms with Crippen LogP contribution in [0.4, 0.5) is 5.69 Å². The molecular weight excluding hydrogens is 292 g/mol. The highest BCUT2D eigenvalue weighted by Gasteiger charge is 2.46. The van der Waals surface area contributed by atoms with E-state index in [2.05, 4.69) is 15.3 Å². The number of rotatable bonds is 3. The summed E-state index contributed by atoms with van der Waals surface area (Å²) >= 11 is 0. The Morgan fingerprint density at radius 1 is 1.43 bits per heavy atom. The minimum atomic E-state index is -0.206. The van der Waals surface area contributed by atoms with Crippen LogP contribution in [0.5, 0.6) is 0 Å². The first-order valence-electron chi connectivity index (χ1n) is 7.97. The summed E-state index contributed by atoms with van der Waals surface area (Å²) in [7, 11) is 0. The number of nitrogens with one attached hydrogen (secondary N) is 2. The van der Waals surface area contributed by atoms with Crippen LogP contribution in [0.1, 0.15) is 23.3 Å². The smallest absolute Gasteiger partial charge is 0.270 e. The minimum absolute atomic E-state index is 0.0548. The first-order chi connectivity index (χ1) is 11.2. The highest BCUT2D eigenvalue weighted by molar-refractivity contribution is 5.92. The van der Waals surface area contributed by atoms with E-state index in [0.717, 1.165) is 25.1 Å². The molecule has 2 aliphatic rings. The SMILES string of the molecule is O=C(c1ccc[nH]1)N1CC[C@@]2(C[C@@H](Nc3cccnc3)CO2)C1. The van der Waals surface area contributed by atoms with Crippen LogP contribution in [0.15, 0.2) is 42.9 Å². The maximum Gasteiger partial charge on any atom is 0.270 e. The second kappa shape index (κ2) is 5.70. The van der Waals surface area contributed by atoms with Gasteiger partial charge in [0.25, 0.3) is 5.91 Å². The van der Waals surface area contributed by atoms with E-state index in [4.69, 9.17) is 4.74 Å². The summed E-state index contributed by atoms with van der Waals surface area (Å²) in [4.78, 5) is 21.4. The topological polar surface area (TPSA) is 70.2 Å². The number of H-pyrrole nitrogens is 1. The largest absolute Gasteiger partial charge is 0.379 e. The van der Waals surface area contributed by atoms with Crippen molar-refractivity contribution < 1.29 is 9.53 Å². The van der Waals surface area contributed by atoms with Crippen molar-refractivity contribution in [2.75, 3.05) is 25.0 Å². The number of hydrogen-bond donors (Lipinski definition) is 2. The Hall–Kier alpha value is -2.34. The van der Waals surface area contributed by atoms with Gasteiger partial charge in [0.1, 0.15) is 5.69 Å². The Kier molecular flexibility index (Phi) is 3.53. The average Bonchev–Trinajstić information content (AvgIpc) is 3.31. The number of nitrogens with zero attached hydrogens (tertiary/aromatic N) is 2. The highest BCUT2D eigenvalue weighted by atomic mass is 16.5. The van der Waals surface area contributed by atoms with Crippen molar-refractivity contribution in [3.8, 4) is 0 Å². The maximum absolute atomic E-state index is 12.4. The number of likely N-dealkylation sites (tertiary alicyclic amines) is 1. The standard InChI is InChI=1S/C17H20N4O2/c22-16(15-4-2-7-19-15)21-8-5-17(12-21)9-14(11-23-17)20-13-3-1-6-18-10-13/h1-4,6-7,10,14,19-20H,5,8-9,11-12H2/t14-,17-/m1/s1. The number of anilines is 1. The molecule has 2 atom stereocenters. The molecule has 6 heteroatoms. The molecule has 0 radical (unpaired) electrons. The summed E-state index contributed by atoms with van der Waals surface area (Å²) in [5.74, 6) is 0.0548. The summed E-state index contributed by atoms with van der Waals surface area (Å²) in [6, 6.07) is 7.85. The Labute approximate surface area is 134 Å². The molecule has 1 spiro atoms. The molecule has 0 unspecified atom stereocenters. The molecule has 2 N–H and O–H groups in total. The van der Waals surface area contributed by atoms with Crippen LogP contribution in [0.25, 0.3) is 0 Å². The molecule has 2 saturated heterocycles. The van der Waals surface area contributed by atoms with E-state index < -0.39 is 0 Å². The molecule has 6 nitrogen and oxygen atoms in total. The van der Waals surface area contributed by atoms with Crippen LogP contribution >= 0.6 is 0 Å². The monoisotopic (exact) mass is 312 g/mol. The second-order valence-corrected chi connectivity index (χ2v) is 6.34. The fourth-order valence-corrected chi connectivity index (χ4v) is 3.56. The summed E-state index contributed by atoms with van der Waals surface area (Å²) in [5, 5.41) is 3.47. The molecule has 1 amide bonds. The van der Waals surface area contributed by atoms with Gasteiger partial charge in [-0.3, -0.25) is 9.78 Å². The Balaban J connectivity index is 1.38. The first-order valence-corrected chi connectivity index (χ1v) is 7.97. The summed E-state index contributed by atoms with van der Waals surface area (Å²) in [6.07, 6.45) is 7.17. The predicted molar refractivity (Wildman–Crippen MR) is 86.3 cm³/mol. The van der Waals surface area contributed by atoms with Gasteiger partial charge in [-0.2, -0.15) is 0 Å². The van der Waals surface area contributed by atoms with Gasteiger partial charge in [0.05, 0.1) is 30.5 Å². The van der Waals surface area contributed by atoms with Crippen molar-refractivity contribution in [2.24, 2.45) is 0 Å². The third kappa shape index (κ3) is 2.82. The fraction of sp³-hybridized carbons (Fsp3) is 0.412. The van der Waals surface area contributed by atoms with Gasteiger partial charge >= 0.3 is 0 Å². The Morgan fingerprint density at radius 3 is 3.17 bits per heavy atom. The lowest BCUT2D eigenvalue weighted by molar-refractivity contribution is 0.0124. The first kappa shape index (κ1) is 14.3. The van der Waals surface area contributed by atoms with E-state index in [9.17, 15) is 4.79 Å². The third-order valence-electron chi connectivity index (χ3n) is 4.67. The van der Waals surface area contributed by atoms with Crippen molar-refractivity contribution in [2.45, 2.75) is 24.5 Å². The number of hydrogen-bond acceptors (Lipinski definition) is 4. The zero-order valence-corrected chi connectivity index (χ0v) is 12.9. The van der Waals surface area contributed by atoms with E-state index in [0.29, 0.717) is 18.8 Å². The number of carbonyl (C=O) groups excluding carboxylic acids is 1. The molecule has 120 valence electrons. The van der Waals surface area contributed by atoms with Crippen molar-refractivity contribution >= 4 is 11.6 Å². The molecule has 0 aliphatic carbocycles. The van der Waals surface area contributed by atoms with Crippen LogP contribution in [-0.2, 0) is 4.74 Å². The molecule has 2 aliphatic heterocycles. The molecule has 0 aromatic carbocycles. The van der Waals surface area contributed by atoms with Crippen LogP contribution in [0.3, 0.4) is 0 Å². The number of aromatic amines is 1. The quantitative estimate of drug-likeness (QED) is 0.908. The summed E-state index contributed by atoms with van der Waals surface area (Å²) < 4.78 is 6.10. The van der Waals surface area contributed by atoms with Crippen molar-refractivity contribution in [1.29, 1.82) is 0 Å². The Bertz CT molecular complexity index is 673. The molecule has 2 aromatic heterocycles. The van der Waals surface area contributed by atoms with E-state index in [1.54, 1.807) is 12.4 Å². The van der Waals surface area contributed by atoms with Gasteiger partial charge < -0.3 is 19.9 Å². The van der Waals surface area contributed by atoms with E-state index in [1.165, 1.54) is 0 Å². The lowest BCUT2D eigenvalue weighted by atomic mass is 9.97. The molecule has 2 aromatic rings. The van der Waals surface area contributed by atoms with E-state index >= 15 is 0 Å². The molecule has 2 fully saturated rings. The highest BCUT2D eigenvalue weighted by Crippen LogP contribution is 2.36. The lowest BCUT2D eigenvalue weighted by Crippen LogP contribution is -2.36.